The van der Waals surface area contributed by atoms with E-state index in [0.717, 1.165) is 0 Å². The van der Waals surface area contributed by atoms with Crippen LogP contribution in [0.3, 0.4) is 0 Å². The minimum atomic E-state index is 0. The van der Waals surface area contributed by atoms with Crippen molar-refractivity contribution >= 4 is 70.5 Å². The molecular formula is C4H11I2Sn. The Morgan fingerprint density at radius 1 is 1.29 bits per heavy atom. The van der Waals surface area contributed by atoms with Crippen molar-refractivity contribution in [3.63, 3.8) is 0 Å². The maximum Gasteiger partial charge on any atom is -0.107 e. The first-order chi connectivity index (χ1) is 2.41. The number of halogens is 2. The molecule has 0 aromatic rings. The summed E-state index contributed by atoms with van der Waals surface area (Å²) in [5.74, 6) is 0. The van der Waals surface area contributed by atoms with E-state index in [-0.39, 0.29) is 48.0 Å². The van der Waals surface area contributed by atoms with Gasteiger partial charge in [0.15, 0.2) is 0 Å². The van der Waals surface area contributed by atoms with Gasteiger partial charge in [-0.25, -0.2) is 0 Å². The van der Waals surface area contributed by atoms with E-state index >= 15 is 0 Å². The molecule has 0 saturated carbocycles. The molecule has 0 amide bonds. The molecule has 0 fully saturated rings. The van der Waals surface area contributed by atoms with E-state index in [1.165, 1.54) is 17.3 Å². The molecule has 0 atom stereocenters. The zero-order chi connectivity index (χ0) is 4.12. The summed E-state index contributed by atoms with van der Waals surface area (Å²) >= 11 is 1.68. The first kappa shape index (κ1) is 16.1. The van der Waals surface area contributed by atoms with Crippen molar-refractivity contribution in [2.75, 3.05) is 0 Å². The molecule has 0 aromatic carbocycles. The van der Waals surface area contributed by atoms with Crippen LogP contribution in [0.1, 0.15) is 19.8 Å². The molecule has 0 aliphatic rings. The molecule has 0 heterocycles. The van der Waals surface area contributed by atoms with Gasteiger partial charge in [-0.1, -0.05) is 0 Å². The first-order valence-electron chi connectivity index (χ1n) is 2.06. The first-order valence-corrected chi connectivity index (χ1v) is 4.08. The van der Waals surface area contributed by atoms with Crippen molar-refractivity contribution in [2.24, 2.45) is 0 Å². The van der Waals surface area contributed by atoms with Gasteiger partial charge >= 0.3 is 46.7 Å². The molecule has 3 radical (unpaired) electrons. The molecule has 3 heteroatoms. The third kappa shape index (κ3) is 17.8. The fourth-order valence-corrected chi connectivity index (χ4v) is 1.19. The number of unbranched alkanes of at least 4 members (excludes halogenated alkanes) is 1. The Hall–Kier alpha value is 2.26. The molecule has 0 aliphatic carbocycles. The van der Waals surface area contributed by atoms with Gasteiger partial charge in [-0.05, 0) is 0 Å². The Balaban J connectivity index is -0.0000000800. The Morgan fingerprint density at radius 3 is 1.71 bits per heavy atom. The molecular weight excluding hydrogens is 421 g/mol. The molecule has 45 valence electrons. The molecule has 0 spiro atoms. The average Bonchev–Trinajstić information content (AvgIpc) is 1.41. The Bertz CT molecular complexity index is 17.2. The summed E-state index contributed by atoms with van der Waals surface area (Å²) in [6.45, 7) is 2.23. The Labute approximate surface area is 93.3 Å². The van der Waals surface area contributed by atoms with Crippen molar-refractivity contribution in [3.8, 4) is 0 Å². The van der Waals surface area contributed by atoms with E-state index in [1.807, 2.05) is 0 Å². The van der Waals surface area contributed by atoms with Gasteiger partial charge in [0.05, 0.1) is 0 Å². The van der Waals surface area contributed by atoms with E-state index in [9.17, 15) is 0 Å². The van der Waals surface area contributed by atoms with E-state index in [4.69, 9.17) is 0 Å². The van der Waals surface area contributed by atoms with Crippen LogP contribution < -0.4 is 0 Å². The van der Waals surface area contributed by atoms with Crippen LogP contribution >= 0.6 is 48.0 Å². The van der Waals surface area contributed by atoms with Crippen LogP contribution in [0, 0.1) is 0 Å². The molecule has 0 bridgehead atoms. The maximum atomic E-state index is 2.23. The second-order valence-electron chi connectivity index (χ2n) is 1.10. The second-order valence-corrected chi connectivity index (χ2v) is 2.53. The summed E-state index contributed by atoms with van der Waals surface area (Å²) in [6.07, 6.45) is 2.80. The predicted octanol–water partition coefficient (Wildman–Crippen LogP) is 2.61. The van der Waals surface area contributed by atoms with Crippen LogP contribution in [-0.4, -0.2) is 22.5 Å². The second kappa shape index (κ2) is 15.7. The molecule has 0 aromatic heterocycles. The fraction of sp³-hybridized carbons (Fsp3) is 1.00. The van der Waals surface area contributed by atoms with E-state index < -0.39 is 0 Å². The van der Waals surface area contributed by atoms with Gasteiger partial charge in [0.2, 0.25) is 0 Å². The summed E-state index contributed by atoms with van der Waals surface area (Å²) in [4.78, 5) is 0. The van der Waals surface area contributed by atoms with Crippen molar-refractivity contribution < 1.29 is 0 Å². The summed E-state index contributed by atoms with van der Waals surface area (Å²) in [5, 5.41) is 0. The van der Waals surface area contributed by atoms with Crippen molar-refractivity contribution in [1.29, 1.82) is 0 Å². The quantitative estimate of drug-likeness (QED) is 0.466. The predicted molar refractivity (Wildman–Crippen MR) is 56.3 cm³/mol. The van der Waals surface area contributed by atoms with E-state index in [1.54, 1.807) is 22.5 Å². The summed E-state index contributed by atoms with van der Waals surface area (Å²) in [6, 6.07) is 0. The summed E-state index contributed by atoms with van der Waals surface area (Å²) in [7, 11) is 0. The van der Waals surface area contributed by atoms with Gasteiger partial charge in [0.25, 0.3) is 0 Å². The Morgan fingerprint density at radius 2 is 1.71 bits per heavy atom. The SMILES string of the molecule is CCC[CH2][Sn].I.I. The average molecular weight is 432 g/mol. The van der Waals surface area contributed by atoms with Crippen molar-refractivity contribution in [2.45, 2.75) is 24.2 Å². The normalized spacial score (nSPS) is 6.00. The van der Waals surface area contributed by atoms with Gasteiger partial charge in [-0.15, -0.1) is 48.0 Å². The van der Waals surface area contributed by atoms with Gasteiger partial charge in [0.1, 0.15) is 0 Å². The third-order valence-electron chi connectivity index (χ3n) is 0.530. The van der Waals surface area contributed by atoms with Gasteiger partial charge < -0.3 is 0 Å². The van der Waals surface area contributed by atoms with Crippen molar-refractivity contribution in [3.05, 3.63) is 0 Å². The van der Waals surface area contributed by atoms with Crippen LogP contribution in [-0.2, 0) is 0 Å². The number of hydrogen-bond acceptors (Lipinski definition) is 0. The summed E-state index contributed by atoms with van der Waals surface area (Å²) in [5.41, 5.74) is 0. The Kier molecular flexibility index (Phi) is 36.2. The molecule has 0 nitrogen and oxygen atoms in total. The summed E-state index contributed by atoms with van der Waals surface area (Å²) < 4.78 is 1.43. The minimum Gasteiger partial charge on any atom is -0.107 e. The standard InChI is InChI=1S/C4H9.2HI.Sn/c1-3-4-2;;;/h1,3-4H2,2H3;2*1H;. The maximum absolute atomic E-state index is 2.23. The largest absolute Gasteiger partial charge is 0.107 e. The van der Waals surface area contributed by atoms with Crippen LogP contribution in [0.25, 0.3) is 0 Å². The van der Waals surface area contributed by atoms with Crippen LogP contribution in [0.5, 0.6) is 0 Å². The third-order valence-corrected chi connectivity index (χ3v) is 1.54. The smallest absolute Gasteiger partial charge is 0.107 e. The number of rotatable bonds is 2. The zero-order valence-electron chi connectivity index (χ0n) is 4.44. The monoisotopic (exact) mass is 433 g/mol. The molecule has 0 unspecified atom stereocenters. The fourth-order valence-electron chi connectivity index (χ4n) is 0.177. The number of hydrogen-bond donors (Lipinski definition) is 0. The van der Waals surface area contributed by atoms with E-state index in [0.29, 0.717) is 0 Å². The molecule has 0 N–H and O–H groups in total. The van der Waals surface area contributed by atoms with Crippen LogP contribution in [0.15, 0.2) is 0 Å². The van der Waals surface area contributed by atoms with E-state index in [2.05, 4.69) is 6.92 Å². The van der Waals surface area contributed by atoms with Gasteiger partial charge in [-0.2, -0.15) is 0 Å². The van der Waals surface area contributed by atoms with Crippen LogP contribution in [0.2, 0.25) is 4.44 Å². The molecule has 0 rings (SSSR count). The molecule has 0 saturated heterocycles. The van der Waals surface area contributed by atoms with Crippen molar-refractivity contribution in [1.82, 2.24) is 0 Å². The van der Waals surface area contributed by atoms with Gasteiger partial charge in [-0.3, -0.25) is 0 Å². The molecule has 7 heavy (non-hydrogen) atoms. The van der Waals surface area contributed by atoms with Crippen LogP contribution in [0.4, 0.5) is 0 Å². The zero-order valence-corrected chi connectivity index (χ0v) is 12.0. The minimum absolute atomic E-state index is 0. The molecule has 0 aliphatic heterocycles. The topological polar surface area (TPSA) is 0 Å². The van der Waals surface area contributed by atoms with Gasteiger partial charge in [0, 0.05) is 0 Å².